The number of amides is 1. The lowest BCUT2D eigenvalue weighted by molar-refractivity contribution is 0.105. The van der Waals surface area contributed by atoms with Crippen molar-refractivity contribution >= 4 is 11.9 Å². The van der Waals surface area contributed by atoms with Gasteiger partial charge in [-0.05, 0) is 19.8 Å². The van der Waals surface area contributed by atoms with E-state index in [1.165, 1.54) is 0 Å². The Bertz CT molecular complexity index is 226. The Hall–Kier alpha value is -1.26. The van der Waals surface area contributed by atoms with Gasteiger partial charge in [-0.25, -0.2) is 4.79 Å². The molecule has 1 amide bonds. The van der Waals surface area contributed by atoms with Crippen LogP contribution in [-0.2, 0) is 4.74 Å². The normalized spacial score (nSPS) is 14.9. The molecule has 1 aliphatic carbocycles. The van der Waals surface area contributed by atoms with E-state index in [1.54, 1.807) is 11.8 Å². The Morgan fingerprint density at radius 3 is 2.71 bits per heavy atom. The summed E-state index contributed by atoms with van der Waals surface area (Å²) in [5.74, 6) is 0.111. The monoisotopic (exact) mass is 199 g/mol. The lowest BCUT2D eigenvalue weighted by Gasteiger charge is -2.20. The first kappa shape index (κ1) is 10.8. The van der Waals surface area contributed by atoms with Crippen LogP contribution in [0, 0.1) is 5.41 Å². The number of hydrogen-bond acceptors (Lipinski definition) is 3. The number of nitrogens with one attached hydrogen (secondary N) is 1. The van der Waals surface area contributed by atoms with Gasteiger partial charge in [0.15, 0.2) is 0 Å². The van der Waals surface area contributed by atoms with E-state index < -0.39 is 0 Å². The molecule has 0 spiro atoms. The van der Waals surface area contributed by atoms with Crippen LogP contribution in [-0.4, -0.2) is 36.0 Å². The highest BCUT2D eigenvalue weighted by atomic mass is 16.6. The number of hydrogen-bond donors (Lipinski definition) is 2. The standard InChI is InChI=1S/C9H17N3O2/c1-2-14-9(13)12(7-3-4-7)6-5-8(10)11/h7H,2-6H2,1H3,(H3,10,11). The second-order valence-electron chi connectivity index (χ2n) is 3.40. The van der Waals surface area contributed by atoms with Crippen molar-refractivity contribution in [3.63, 3.8) is 0 Å². The van der Waals surface area contributed by atoms with Crippen molar-refractivity contribution in [2.45, 2.75) is 32.2 Å². The van der Waals surface area contributed by atoms with Gasteiger partial charge >= 0.3 is 6.09 Å². The minimum atomic E-state index is -0.281. The number of nitrogens with zero attached hydrogens (tertiary/aromatic N) is 1. The van der Waals surface area contributed by atoms with Gasteiger partial charge in [0.25, 0.3) is 0 Å². The fraction of sp³-hybridized carbons (Fsp3) is 0.778. The Morgan fingerprint density at radius 2 is 2.29 bits per heavy atom. The Kier molecular flexibility index (Phi) is 3.73. The Morgan fingerprint density at radius 1 is 1.64 bits per heavy atom. The van der Waals surface area contributed by atoms with E-state index >= 15 is 0 Å². The van der Waals surface area contributed by atoms with E-state index in [2.05, 4.69) is 0 Å². The van der Waals surface area contributed by atoms with Crippen molar-refractivity contribution in [2.24, 2.45) is 5.73 Å². The maximum Gasteiger partial charge on any atom is 0.410 e. The molecule has 0 aromatic heterocycles. The molecule has 5 nitrogen and oxygen atoms in total. The van der Waals surface area contributed by atoms with Gasteiger partial charge in [-0.15, -0.1) is 0 Å². The molecule has 0 unspecified atom stereocenters. The van der Waals surface area contributed by atoms with Gasteiger partial charge in [-0.2, -0.15) is 0 Å². The zero-order valence-electron chi connectivity index (χ0n) is 8.45. The Labute approximate surface area is 83.7 Å². The molecule has 0 aromatic rings. The quantitative estimate of drug-likeness (QED) is 0.510. The second kappa shape index (κ2) is 4.83. The molecular weight excluding hydrogens is 182 g/mol. The van der Waals surface area contributed by atoms with E-state index in [-0.39, 0.29) is 11.9 Å². The van der Waals surface area contributed by atoms with Crippen molar-refractivity contribution in [2.75, 3.05) is 13.2 Å². The number of amidine groups is 1. The number of rotatable bonds is 5. The average molecular weight is 199 g/mol. The molecule has 0 bridgehead atoms. The molecule has 80 valence electrons. The van der Waals surface area contributed by atoms with Crippen LogP contribution in [0.2, 0.25) is 0 Å². The number of nitrogens with two attached hydrogens (primary N) is 1. The zero-order chi connectivity index (χ0) is 10.6. The van der Waals surface area contributed by atoms with Crippen LogP contribution in [0.25, 0.3) is 0 Å². The summed E-state index contributed by atoms with van der Waals surface area (Å²) >= 11 is 0. The molecule has 1 saturated carbocycles. The van der Waals surface area contributed by atoms with E-state index in [0.29, 0.717) is 25.6 Å². The molecule has 1 aliphatic rings. The van der Waals surface area contributed by atoms with Crippen LogP contribution in [0.3, 0.4) is 0 Å². The SMILES string of the molecule is CCOC(=O)N(CCC(=N)N)C1CC1. The highest BCUT2D eigenvalue weighted by Gasteiger charge is 2.33. The van der Waals surface area contributed by atoms with E-state index in [4.69, 9.17) is 15.9 Å². The van der Waals surface area contributed by atoms with Crippen molar-refractivity contribution in [1.82, 2.24) is 4.90 Å². The molecular formula is C9H17N3O2. The third-order valence-corrected chi connectivity index (χ3v) is 2.11. The first-order valence-electron chi connectivity index (χ1n) is 4.91. The zero-order valence-corrected chi connectivity index (χ0v) is 8.45. The summed E-state index contributed by atoms with van der Waals surface area (Å²) in [5, 5.41) is 7.09. The summed E-state index contributed by atoms with van der Waals surface area (Å²) in [6.07, 6.45) is 2.22. The highest BCUT2D eigenvalue weighted by molar-refractivity contribution is 5.77. The van der Waals surface area contributed by atoms with Crippen LogP contribution in [0.1, 0.15) is 26.2 Å². The minimum Gasteiger partial charge on any atom is -0.450 e. The molecule has 5 heteroatoms. The fourth-order valence-corrected chi connectivity index (χ4v) is 1.26. The molecule has 3 N–H and O–H groups in total. The lowest BCUT2D eigenvalue weighted by Crippen LogP contribution is -2.36. The summed E-state index contributed by atoms with van der Waals surface area (Å²) in [6, 6.07) is 0.313. The van der Waals surface area contributed by atoms with Gasteiger partial charge in [-0.1, -0.05) is 0 Å². The molecule has 0 aromatic carbocycles. The molecule has 0 aliphatic heterocycles. The van der Waals surface area contributed by atoms with Crippen LogP contribution >= 0.6 is 0 Å². The third kappa shape index (κ3) is 3.24. The number of ether oxygens (including phenoxy) is 1. The van der Waals surface area contributed by atoms with Gasteiger partial charge in [-0.3, -0.25) is 5.41 Å². The van der Waals surface area contributed by atoms with E-state index in [0.717, 1.165) is 12.8 Å². The smallest absolute Gasteiger partial charge is 0.410 e. The van der Waals surface area contributed by atoms with Gasteiger partial charge in [0, 0.05) is 19.0 Å². The summed E-state index contributed by atoms with van der Waals surface area (Å²) in [7, 11) is 0. The minimum absolute atomic E-state index is 0.111. The topological polar surface area (TPSA) is 79.4 Å². The first-order chi connectivity index (χ1) is 6.65. The van der Waals surface area contributed by atoms with Crippen molar-refractivity contribution in [3.8, 4) is 0 Å². The molecule has 0 saturated heterocycles. The van der Waals surface area contributed by atoms with Crippen LogP contribution < -0.4 is 5.73 Å². The van der Waals surface area contributed by atoms with Gasteiger partial charge in [0.2, 0.25) is 0 Å². The fourth-order valence-electron chi connectivity index (χ4n) is 1.26. The maximum atomic E-state index is 11.4. The molecule has 1 fully saturated rings. The van der Waals surface area contributed by atoms with Crippen LogP contribution in [0.4, 0.5) is 4.79 Å². The maximum absolute atomic E-state index is 11.4. The predicted octanol–water partition coefficient (Wildman–Crippen LogP) is 0.933. The van der Waals surface area contributed by atoms with Gasteiger partial charge < -0.3 is 15.4 Å². The summed E-state index contributed by atoms with van der Waals surface area (Å²) in [6.45, 7) is 2.68. The number of carbonyl (C=O) groups is 1. The average Bonchev–Trinajstić information content (AvgIpc) is 2.88. The Balaban J connectivity index is 2.38. The summed E-state index contributed by atoms with van der Waals surface area (Å²) < 4.78 is 4.91. The van der Waals surface area contributed by atoms with Gasteiger partial charge in [0.1, 0.15) is 0 Å². The third-order valence-electron chi connectivity index (χ3n) is 2.11. The van der Waals surface area contributed by atoms with Gasteiger partial charge in [0.05, 0.1) is 12.4 Å². The first-order valence-corrected chi connectivity index (χ1v) is 4.91. The molecule has 14 heavy (non-hydrogen) atoms. The summed E-state index contributed by atoms with van der Waals surface area (Å²) in [4.78, 5) is 13.1. The van der Waals surface area contributed by atoms with Crippen molar-refractivity contribution in [3.05, 3.63) is 0 Å². The molecule has 0 heterocycles. The molecule has 1 rings (SSSR count). The van der Waals surface area contributed by atoms with Crippen LogP contribution in [0.5, 0.6) is 0 Å². The van der Waals surface area contributed by atoms with Crippen molar-refractivity contribution < 1.29 is 9.53 Å². The predicted molar refractivity (Wildman–Crippen MR) is 53.3 cm³/mol. The molecule has 0 atom stereocenters. The molecule has 0 radical (unpaired) electrons. The van der Waals surface area contributed by atoms with E-state index in [1.807, 2.05) is 0 Å². The largest absolute Gasteiger partial charge is 0.450 e. The second-order valence-corrected chi connectivity index (χ2v) is 3.40. The van der Waals surface area contributed by atoms with E-state index in [9.17, 15) is 4.79 Å². The van der Waals surface area contributed by atoms with Crippen molar-refractivity contribution in [1.29, 1.82) is 5.41 Å². The lowest BCUT2D eigenvalue weighted by atomic mass is 10.3. The number of carbonyl (C=O) groups excluding carboxylic acids is 1. The van der Waals surface area contributed by atoms with Crippen LogP contribution in [0.15, 0.2) is 0 Å². The summed E-state index contributed by atoms with van der Waals surface area (Å²) in [5.41, 5.74) is 5.24. The highest BCUT2D eigenvalue weighted by Crippen LogP contribution is 2.27.